The van der Waals surface area contributed by atoms with E-state index in [2.05, 4.69) is 0 Å². The van der Waals surface area contributed by atoms with E-state index in [1.807, 2.05) is 0 Å². The molecular formula is C17H22N2O7. The summed E-state index contributed by atoms with van der Waals surface area (Å²) in [6.07, 6.45) is -1.02. The van der Waals surface area contributed by atoms with Crippen molar-refractivity contribution in [1.82, 2.24) is 4.90 Å². The summed E-state index contributed by atoms with van der Waals surface area (Å²) in [6, 6.07) is 5.72. The molecule has 142 valence electrons. The number of aliphatic hydroxyl groups excluding tert-OH is 1. The maximum atomic E-state index is 12.4. The highest BCUT2D eigenvalue weighted by atomic mass is 16.6. The molecule has 0 spiro atoms. The molecular weight excluding hydrogens is 344 g/mol. The fraction of sp³-hybridized carbons (Fsp3) is 0.529. The molecule has 0 saturated carbocycles. The Bertz CT molecular complexity index is 679. The third kappa shape index (κ3) is 4.29. The van der Waals surface area contributed by atoms with Gasteiger partial charge in [0.2, 0.25) is 0 Å². The number of esters is 1. The number of carboxylic acid groups (broad SMARTS) is 1. The van der Waals surface area contributed by atoms with E-state index in [9.17, 15) is 24.8 Å². The monoisotopic (exact) mass is 366 g/mol. The maximum absolute atomic E-state index is 12.4. The Morgan fingerprint density at radius 2 is 2.00 bits per heavy atom. The van der Waals surface area contributed by atoms with E-state index < -0.39 is 29.0 Å². The maximum Gasteiger partial charge on any atom is 0.407 e. The van der Waals surface area contributed by atoms with Crippen molar-refractivity contribution in [2.45, 2.75) is 25.4 Å². The van der Waals surface area contributed by atoms with Crippen LogP contribution in [0.3, 0.4) is 0 Å². The van der Waals surface area contributed by atoms with Gasteiger partial charge in [0.1, 0.15) is 0 Å². The normalized spacial score (nSPS) is 19.9. The number of nitro benzene ring substituents is 1. The minimum Gasteiger partial charge on any atom is -0.469 e. The van der Waals surface area contributed by atoms with E-state index >= 15 is 0 Å². The summed E-state index contributed by atoms with van der Waals surface area (Å²) in [5.74, 6) is -2.01. The van der Waals surface area contributed by atoms with Gasteiger partial charge in [0, 0.05) is 19.2 Å². The Morgan fingerprint density at radius 3 is 2.62 bits per heavy atom. The van der Waals surface area contributed by atoms with Crippen molar-refractivity contribution in [2.24, 2.45) is 11.8 Å². The number of likely N-dealkylation sites (tertiary alicyclic amines) is 1. The van der Waals surface area contributed by atoms with E-state index in [0.717, 1.165) is 0 Å². The molecule has 1 aromatic carbocycles. The van der Waals surface area contributed by atoms with Gasteiger partial charge < -0.3 is 19.8 Å². The summed E-state index contributed by atoms with van der Waals surface area (Å²) >= 11 is 0. The highest BCUT2D eigenvalue weighted by Gasteiger charge is 2.39. The third-order valence-electron chi connectivity index (χ3n) is 4.82. The lowest BCUT2D eigenvalue weighted by molar-refractivity contribution is -0.386. The predicted octanol–water partition coefficient (Wildman–Crippen LogP) is 2.20. The number of aliphatic hydroxyl groups is 1. The van der Waals surface area contributed by atoms with Crippen LogP contribution in [-0.4, -0.2) is 52.3 Å². The molecule has 3 atom stereocenters. The summed E-state index contributed by atoms with van der Waals surface area (Å²) in [6.45, 7) is 0.582. The Labute approximate surface area is 150 Å². The number of para-hydroxylation sites is 1. The molecule has 9 nitrogen and oxygen atoms in total. The first-order chi connectivity index (χ1) is 12.4. The van der Waals surface area contributed by atoms with Crippen molar-refractivity contribution in [2.75, 3.05) is 20.2 Å². The van der Waals surface area contributed by atoms with Crippen molar-refractivity contribution in [3.63, 3.8) is 0 Å². The van der Waals surface area contributed by atoms with Crippen LogP contribution in [0.25, 0.3) is 0 Å². The molecule has 1 aliphatic rings. The van der Waals surface area contributed by atoms with Crippen LogP contribution in [0.4, 0.5) is 10.5 Å². The number of carbonyl (C=O) groups excluding carboxylic acids is 1. The number of nitrogens with zero attached hydrogens (tertiary/aromatic N) is 2. The molecule has 1 saturated heterocycles. The van der Waals surface area contributed by atoms with Gasteiger partial charge in [-0.15, -0.1) is 0 Å². The quantitative estimate of drug-likeness (QED) is 0.464. The fourth-order valence-electron chi connectivity index (χ4n) is 3.49. The van der Waals surface area contributed by atoms with Crippen LogP contribution in [0.2, 0.25) is 0 Å². The number of rotatable bonds is 5. The van der Waals surface area contributed by atoms with Gasteiger partial charge in [-0.2, -0.15) is 0 Å². The van der Waals surface area contributed by atoms with Gasteiger partial charge in [-0.05, 0) is 31.2 Å². The summed E-state index contributed by atoms with van der Waals surface area (Å²) in [7, 11) is 1.20. The van der Waals surface area contributed by atoms with Crippen LogP contribution in [0, 0.1) is 22.0 Å². The molecule has 1 fully saturated rings. The third-order valence-corrected chi connectivity index (χ3v) is 4.82. The first-order valence-electron chi connectivity index (χ1n) is 8.34. The number of hydrogen-bond acceptors (Lipinski definition) is 6. The van der Waals surface area contributed by atoms with Crippen LogP contribution < -0.4 is 0 Å². The smallest absolute Gasteiger partial charge is 0.407 e. The Hall–Kier alpha value is -2.68. The topological polar surface area (TPSA) is 130 Å². The van der Waals surface area contributed by atoms with Crippen LogP contribution in [-0.2, 0) is 9.53 Å². The van der Waals surface area contributed by atoms with Crippen LogP contribution >= 0.6 is 0 Å². The largest absolute Gasteiger partial charge is 0.469 e. The second-order valence-electron chi connectivity index (χ2n) is 6.27. The lowest BCUT2D eigenvalue weighted by Crippen LogP contribution is -2.33. The van der Waals surface area contributed by atoms with E-state index in [0.29, 0.717) is 25.8 Å². The lowest BCUT2D eigenvalue weighted by atomic mass is 9.80. The number of ether oxygens (including phenoxy) is 1. The van der Waals surface area contributed by atoms with Gasteiger partial charge in [0.15, 0.2) is 0 Å². The standard InChI is InChI=1S/C17H22N2O7/c1-26-16(21)14(11-5-4-9-18(10-8-11)17(22)23)15(20)12-6-2-3-7-13(12)19(24)25/h2-3,6-7,11,14-15,20H,4-5,8-10H2,1H3,(H,22,23). The zero-order valence-corrected chi connectivity index (χ0v) is 14.4. The molecule has 0 aliphatic carbocycles. The second-order valence-corrected chi connectivity index (χ2v) is 6.27. The zero-order chi connectivity index (χ0) is 19.3. The first-order valence-corrected chi connectivity index (χ1v) is 8.34. The van der Waals surface area contributed by atoms with Crippen molar-refractivity contribution in [3.05, 3.63) is 39.9 Å². The van der Waals surface area contributed by atoms with Gasteiger partial charge in [-0.25, -0.2) is 4.79 Å². The molecule has 1 aliphatic heterocycles. The number of methoxy groups -OCH3 is 1. The van der Waals surface area contributed by atoms with E-state index in [1.165, 1.54) is 30.2 Å². The summed E-state index contributed by atoms with van der Waals surface area (Å²) in [4.78, 5) is 35.4. The summed E-state index contributed by atoms with van der Waals surface area (Å²) < 4.78 is 4.82. The van der Waals surface area contributed by atoms with E-state index in [4.69, 9.17) is 9.84 Å². The van der Waals surface area contributed by atoms with Gasteiger partial charge >= 0.3 is 12.1 Å². The van der Waals surface area contributed by atoms with Crippen molar-refractivity contribution >= 4 is 17.7 Å². The minimum atomic E-state index is -1.41. The van der Waals surface area contributed by atoms with Crippen molar-refractivity contribution in [1.29, 1.82) is 0 Å². The van der Waals surface area contributed by atoms with Gasteiger partial charge in [-0.1, -0.05) is 12.1 Å². The number of amides is 1. The highest BCUT2D eigenvalue weighted by molar-refractivity contribution is 5.74. The Morgan fingerprint density at radius 1 is 1.31 bits per heavy atom. The fourth-order valence-corrected chi connectivity index (χ4v) is 3.49. The van der Waals surface area contributed by atoms with Gasteiger partial charge in [0.05, 0.1) is 29.6 Å². The highest BCUT2D eigenvalue weighted by Crippen LogP contribution is 2.38. The number of benzene rings is 1. The molecule has 3 unspecified atom stereocenters. The number of nitro groups is 1. The molecule has 9 heteroatoms. The molecule has 0 radical (unpaired) electrons. The van der Waals surface area contributed by atoms with Gasteiger partial charge in [-0.3, -0.25) is 14.9 Å². The molecule has 1 heterocycles. The van der Waals surface area contributed by atoms with Crippen LogP contribution in [0.5, 0.6) is 0 Å². The van der Waals surface area contributed by atoms with Crippen molar-refractivity contribution < 1.29 is 29.5 Å². The molecule has 0 aromatic heterocycles. The minimum absolute atomic E-state index is 0.0484. The average molecular weight is 366 g/mol. The predicted molar refractivity (Wildman–Crippen MR) is 90.5 cm³/mol. The lowest BCUT2D eigenvalue weighted by Gasteiger charge is -2.28. The zero-order valence-electron chi connectivity index (χ0n) is 14.4. The number of carbonyl (C=O) groups is 2. The van der Waals surface area contributed by atoms with E-state index in [-0.39, 0.29) is 23.7 Å². The van der Waals surface area contributed by atoms with Crippen molar-refractivity contribution in [3.8, 4) is 0 Å². The van der Waals surface area contributed by atoms with Crippen LogP contribution in [0.15, 0.2) is 24.3 Å². The average Bonchev–Trinajstić information content (AvgIpc) is 2.87. The van der Waals surface area contributed by atoms with E-state index in [1.54, 1.807) is 6.07 Å². The van der Waals surface area contributed by atoms with Gasteiger partial charge in [0.25, 0.3) is 5.69 Å². The number of hydrogen-bond donors (Lipinski definition) is 2. The molecule has 0 bridgehead atoms. The van der Waals surface area contributed by atoms with Crippen LogP contribution in [0.1, 0.15) is 30.9 Å². The summed E-state index contributed by atoms with van der Waals surface area (Å²) in [5.41, 5.74) is -0.220. The molecule has 2 rings (SSSR count). The Balaban J connectivity index is 2.32. The Kier molecular flexibility index (Phi) is 6.51. The second kappa shape index (κ2) is 8.61. The molecule has 1 amide bonds. The molecule has 2 N–H and O–H groups in total. The molecule has 1 aromatic rings. The summed E-state index contributed by atoms with van der Waals surface area (Å²) in [5, 5.41) is 31.2. The molecule has 26 heavy (non-hydrogen) atoms. The first kappa shape index (κ1) is 19.6. The SMILES string of the molecule is COC(=O)C(C1CCCN(C(=O)O)CC1)C(O)c1ccccc1[N+](=O)[O-].